The Kier molecular flexibility index (Phi) is 5.97. The summed E-state index contributed by atoms with van der Waals surface area (Å²) in [4.78, 5) is 22.0. The molecule has 0 saturated carbocycles. The van der Waals surface area contributed by atoms with Gasteiger partial charge in [0.2, 0.25) is 5.95 Å². The van der Waals surface area contributed by atoms with Crippen molar-refractivity contribution in [2.24, 2.45) is 5.92 Å². The van der Waals surface area contributed by atoms with E-state index in [-0.39, 0.29) is 17.5 Å². The van der Waals surface area contributed by atoms with E-state index in [2.05, 4.69) is 27.2 Å². The first-order valence-electron chi connectivity index (χ1n) is 11.3. The van der Waals surface area contributed by atoms with Gasteiger partial charge in [-0.05, 0) is 37.8 Å². The number of ether oxygens (including phenoxy) is 2. The summed E-state index contributed by atoms with van der Waals surface area (Å²) in [5, 5.41) is 9.29. The first-order valence-corrected chi connectivity index (χ1v) is 11.3. The molecule has 0 amide bonds. The monoisotopic (exact) mass is 461 g/mol. The lowest BCUT2D eigenvalue weighted by Crippen LogP contribution is -2.32. The number of hydrogen-bond acceptors (Lipinski definition) is 8. The lowest BCUT2D eigenvalue weighted by Gasteiger charge is -2.29. The summed E-state index contributed by atoms with van der Waals surface area (Å²) in [5.74, 6) is 1.14. The summed E-state index contributed by atoms with van der Waals surface area (Å²) in [6, 6.07) is 9.42. The predicted molar refractivity (Wildman–Crippen MR) is 128 cm³/mol. The number of para-hydroxylation sites is 1. The van der Waals surface area contributed by atoms with Gasteiger partial charge in [-0.15, -0.1) is 5.10 Å². The quantitative estimate of drug-likeness (QED) is 0.465. The topological polar surface area (TPSA) is 123 Å². The van der Waals surface area contributed by atoms with E-state index in [9.17, 15) is 4.79 Å². The average molecular weight is 462 g/mol. The average Bonchev–Trinajstić information content (AvgIpc) is 3.33. The molecule has 10 heteroatoms. The summed E-state index contributed by atoms with van der Waals surface area (Å²) >= 11 is 0. The number of fused-ring (bicyclic) bond motifs is 1. The van der Waals surface area contributed by atoms with Crippen LogP contribution in [0.25, 0.3) is 22.3 Å². The Hall–Kier alpha value is -3.79. The van der Waals surface area contributed by atoms with Gasteiger partial charge in [-0.25, -0.2) is 14.6 Å². The zero-order valence-corrected chi connectivity index (χ0v) is 19.2. The molecule has 1 saturated heterocycles. The summed E-state index contributed by atoms with van der Waals surface area (Å²) in [6.07, 6.45) is 5.55. The van der Waals surface area contributed by atoms with E-state index in [1.165, 1.54) is 0 Å². The molecule has 1 fully saturated rings. The third kappa shape index (κ3) is 4.12. The maximum absolute atomic E-state index is 13.2. The zero-order valence-electron chi connectivity index (χ0n) is 19.2. The molecule has 0 radical (unpaired) electrons. The van der Waals surface area contributed by atoms with Crippen molar-refractivity contribution in [3.05, 3.63) is 58.6 Å². The second-order valence-corrected chi connectivity index (χ2v) is 8.52. The van der Waals surface area contributed by atoms with Gasteiger partial charge in [0.25, 0.3) is 5.56 Å². The molecule has 0 unspecified atom stereocenters. The summed E-state index contributed by atoms with van der Waals surface area (Å²) < 4.78 is 14.4. The van der Waals surface area contributed by atoms with Crippen molar-refractivity contribution in [2.45, 2.75) is 32.4 Å². The molecule has 1 atom stereocenters. The molecule has 2 N–H and O–H groups in total. The van der Waals surface area contributed by atoms with E-state index in [1.807, 2.05) is 41.1 Å². The lowest BCUT2D eigenvalue weighted by atomic mass is 9.92. The molecule has 4 heterocycles. The largest absolute Gasteiger partial charge is 0.494 e. The third-order valence-electron chi connectivity index (χ3n) is 6.48. The van der Waals surface area contributed by atoms with Crippen LogP contribution in [0.1, 0.15) is 31.4 Å². The first-order chi connectivity index (χ1) is 16.5. The number of rotatable bonds is 6. The summed E-state index contributed by atoms with van der Waals surface area (Å²) in [7, 11) is 1.58. The molecule has 0 bridgehead atoms. The van der Waals surface area contributed by atoms with Crippen molar-refractivity contribution in [1.82, 2.24) is 29.5 Å². The van der Waals surface area contributed by atoms with Gasteiger partial charge < -0.3 is 19.8 Å². The van der Waals surface area contributed by atoms with E-state index in [0.29, 0.717) is 40.7 Å². The van der Waals surface area contributed by atoms with Crippen molar-refractivity contribution in [1.29, 1.82) is 0 Å². The number of nitrogens with zero attached hydrogens (tertiary/aromatic N) is 6. The number of benzene rings is 1. The van der Waals surface area contributed by atoms with Crippen LogP contribution in [0.4, 0.5) is 5.95 Å². The van der Waals surface area contributed by atoms with Crippen LogP contribution in [0, 0.1) is 5.92 Å². The van der Waals surface area contributed by atoms with Gasteiger partial charge in [0.1, 0.15) is 22.7 Å². The van der Waals surface area contributed by atoms with Crippen molar-refractivity contribution in [2.75, 3.05) is 26.1 Å². The van der Waals surface area contributed by atoms with Gasteiger partial charge in [0.15, 0.2) is 0 Å². The fourth-order valence-electron chi connectivity index (χ4n) is 4.58. The normalized spacial score (nSPS) is 15.5. The highest BCUT2D eigenvalue weighted by atomic mass is 16.5. The van der Waals surface area contributed by atoms with Crippen LogP contribution < -0.4 is 16.0 Å². The number of methoxy groups -OCH3 is 1. The van der Waals surface area contributed by atoms with Crippen LogP contribution in [-0.2, 0) is 11.3 Å². The second-order valence-electron chi connectivity index (χ2n) is 8.52. The lowest BCUT2D eigenvalue weighted by molar-refractivity contribution is 0.0508. The van der Waals surface area contributed by atoms with E-state index in [0.717, 1.165) is 31.4 Å². The minimum Gasteiger partial charge on any atom is -0.494 e. The van der Waals surface area contributed by atoms with Crippen molar-refractivity contribution >= 4 is 16.9 Å². The molecule has 10 nitrogen and oxygen atoms in total. The predicted octanol–water partition coefficient (Wildman–Crippen LogP) is 2.68. The molecule has 1 aliphatic heterocycles. The number of anilines is 1. The van der Waals surface area contributed by atoms with Crippen LogP contribution in [0.5, 0.6) is 5.75 Å². The van der Waals surface area contributed by atoms with Crippen LogP contribution in [-0.4, -0.2) is 49.9 Å². The van der Waals surface area contributed by atoms with E-state index in [1.54, 1.807) is 18.0 Å². The summed E-state index contributed by atoms with van der Waals surface area (Å²) in [6.45, 7) is 3.90. The molecule has 34 heavy (non-hydrogen) atoms. The molecule has 1 aromatic carbocycles. The van der Waals surface area contributed by atoms with Crippen LogP contribution in [0.2, 0.25) is 0 Å². The Morgan fingerprint density at radius 3 is 2.82 bits per heavy atom. The first kappa shape index (κ1) is 22.0. The zero-order chi connectivity index (χ0) is 23.7. The molecule has 0 spiro atoms. The molecule has 0 aliphatic carbocycles. The minimum absolute atomic E-state index is 0.0139. The molecule has 4 aromatic rings. The van der Waals surface area contributed by atoms with Gasteiger partial charge >= 0.3 is 0 Å². The molecule has 5 rings (SSSR count). The van der Waals surface area contributed by atoms with Gasteiger partial charge in [0, 0.05) is 36.4 Å². The highest BCUT2D eigenvalue weighted by molar-refractivity contribution is 5.95. The minimum atomic E-state index is -0.0139. The Morgan fingerprint density at radius 1 is 1.21 bits per heavy atom. The number of nitrogen functional groups attached to an aromatic ring is 1. The van der Waals surface area contributed by atoms with Crippen LogP contribution in [0.15, 0.2) is 47.5 Å². The number of pyridine rings is 1. The highest BCUT2D eigenvalue weighted by Gasteiger charge is 2.23. The fourth-order valence-corrected chi connectivity index (χ4v) is 4.58. The van der Waals surface area contributed by atoms with Crippen molar-refractivity contribution in [3.8, 4) is 17.1 Å². The summed E-state index contributed by atoms with van der Waals surface area (Å²) in [5.41, 5.74) is 8.30. The Labute approximate surface area is 196 Å². The van der Waals surface area contributed by atoms with Crippen LogP contribution >= 0.6 is 0 Å². The maximum atomic E-state index is 13.2. The van der Waals surface area contributed by atoms with E-state index < -0.39 is 0 Å². The fraction of sp³-hybridized carbons (Fsp3) is 0.375. The van der Waals surface area contributed by atoms with Crippen LogP contribution in [0.3, 0.4) is 0 Å². The Bertz CT molecular complexity index is 1370. The van der Waals surface area contributed by atoms with Crippen molar-refractivity contribution < 1.29 is 9.47 Å². The van der Waals surface area contributed by atoms with Crippen molar-refractivity contribution in [3.63, 3.8) is 0 Å². The molecular formula is C24H27N7O3. The van der Waals surface area contributed by atoms with Gasteiger partial charge in [-0.1, -0.05) is 23.4 Å². The Balaban J connectivity index is 1.44. The number of aromatic nitrogens is 6. The Morgan fingerprint density at radius 2 is 2.03 bits per heavy atom. The molecule has 176 valence electrons. The maximum Gasteiger partial charge on any atom is 0.255 e. The van der Waals surface area contributed by atoms with Gasteiger partial charge in [-0.3, -0.25) is 4.79 Å². The van der Waals surface area contributed by atoms with Gasteiger partial charge in [-0.2, -0.15) is 0 Å². The number of nitrogens with two attached hydrogens (primary N) is 1. The SMILES string of the molecule is COc1cccc2c(-c3cn(Cc4cccn([C@@H](C)C5CCOCC5)c4=O)nn3)nc(N)nc12. The molecular weight excluding hydrogens is 434 g/mol. The van der Waals surface area contributed by atoms with E-state index in [4.69, 9.17) is 15.2 Å². The smallest absolute Gasteiger partial charge is 0.255 e. The highest BCUT2D eigenvalue weighted by Crippen LogP contribution is 2.31. The second kappa shape index (κ2) is 9.22. The van der Waals surface area contributed by atoms with E-state index >= 15 is 0 Å². The van der Waals surface area contributed by atoms with Gasteiger partial charge in [0.05, 0.1) is 19.9 Å². The third-order valence-corrected chi connectivity index (χ3v) is 6.48. The molecule has 1 aliphatic rings. The standard InChI is InChI=1S/C24H27N7O3/c1-15(16-8-11-34-12-9-16)31-10-4-5-17(23(31)32)13-30-14-19(28-29-30)21-18-6-3-7-20(33-2)22(18)27-24(25)26-21/h3-7,10,14-16H,8-9,11-13H2,1-2H3,(H2,25,26,27)/t15-/m0/s1. The number of hydrogen-bond donors (Lipinski definition) is 1. The molecule has 3 aromatic heterocycles.